The summed E-state index contributed by atoms with van der Waals surface area (Å²) in [6.07, 6.45) is 3.21. The highest BCUT2D eigenvalue weighted by Gasteiger charge is 2.25. The number of H-pyrrole nitrogens is 1. The summed E-state index contributed by atoms with van der Waals surface area (Å²) in [5, 5.41) is 16.6. The fraction of sp³-hybridized carbons (Fsp3) is 0.231. The molecule has 0 radical (unpaired) electrons. The van der Waals surface area contributed by atoms with E-state index in [0.717, 1.165) is 0 Å². The van der Waals surface area contributed by atoms with Crippen molar-refractivity contribution < 1.29 is 9.72 Å². The first-order chi connectivity index (χ1) is 10.0. The molecule has 1 atom stereocenters. The highest BCUT2D eigenvalue weighted by atomic mass is 16.6. The van der Waals surface area contributed by atoms with Crippen molar-refractivity contribution in [3.8, 4) is 0 Å². The third-order valence-corrected chi connectivity index (χ3v) is 3.01. The number of hydrogen-bond donors (Lipinski definition) is 3. The molecule has 3 N–H and O–H groups in total. The molecule has 0 fully saturated rings. The molecular formula is C13H15N5O3. The minimum Gasteiger partial charge on any atom is -0.383 e. The molecule has 0 saturated heterocycles. The van der Waals surface area contributed by atoms with E-state index in [1.54, 1.807) is 38.5 Å². The molecule has 8 heteroatoms. The maximum Gasteiger partial charge on any atom is 0.305 e. The summed E-state index contributed by atoms with van der Waals surface area (Å²) in [7, 11) is 1.56. The molecule has 2 aromatic rings. The first-order valence-electron chi connectivity index (χ1n) is 6.30. The number of benzene rings is 1. The van der Waals surface area contributed by atoms with Gasteiger partial charge in [0.2, 0.25) is 0 Å². The topological polar surface area (TPSA) is 113 Å². The number of amides is 1. The molecule has 1 amide bonds. The van der Waals surface area contributed by atoms with Crippen LogP contribution in [0, 0.1) is 10.1 Å². The van der Waals surface area contributed by atoms with E-state index >= 15 is 0 Å². The maximum absolute atomic E-state index is 12.3. The van der Waals surface area contributed by atoms with Gasteiger partial charge in [-0.1, -0.05) is 6.07 Å². The van der Waals surface area contributed by atoms with E-state index in [9.17, 15) is 14.9 Å². The van der Waals surface area contributed by atoms with Crippen LogP contribution < -0.4 is 10.6 Å². The Morgan fingerprint density at radius 2 is 2.24 bits per heavy atom. The summed E-state index contributed by atoms with van der Waals surface area (Å²) in [5.41, 5.74) is 0.0488. The first-order valence-corrected chi connectivity index (χ1v) is 6.30. The van der Waals surface area contributed by atoms with E-state index in [-0.39, 0.29) is 17.3 Å². The molecule has 1 aromatic carbocycles. The summed E-state index contributed by atoms with van der Waals surface area (Å²) in [4.78, 5) is 29.8. The van der Waals surface area contributed by atoms with Crippen molar-refractivity contribution in [1.82, 2.24) is 15.3 Å². The minimum absolute atomic E-state index is 0.00487. The van der Waals surface area contributed by atoms with Gasteiger partial charge in [-0.25, -0.2) is 4.98 Å². The molecular weight excluding hydrogens is 274 g/mol. The zero-order chi connectivity index (χ0) is 15.4. The smallest absolute Gasteiger partial charge is 0.305 e. The lowest BCUT2D eigenvalue weighted by Crippen LogP contribution is -2.28. The van der Waals surface area contributed by atoms with E-state index in [1.807, 2.05) is 0 Å². The molecule has 0 aliphatic heterocycles. The Balaban J connectivity index is 2.29. The van der Waals surface area contributed by atoms with Crippen LogP contribution in [0.1, 0.15) is 29.1 Å². The largest absolute Gasteiger partial charge is 0.383 e. The monoisotopic (exact) mass is 289 g/mol. The zero-order valence-corrected chi connectivity index (χ0v) is 11.6. The lowest BCUT2D eigenvalue weighted by Gasteiger charge is -2.12. The standard InChI is InChI=1S/C13H15N5O3/c1-8(12-15-6-7-16-12)17-13(19)9-4-3-5-10(14-2)11(9)18(20)21/h3-8,14H,1-2H3,(H,15,16)(H,17,19). The molecule has 1 heterocycles. The Kier molecular flexibility index (Phi) is 4.17. The number of nitrogens with one attached hydrogen (secondary N) is 3. The Bertz CT molecular complexity index is 654. The first kappa shape index (κ1) is 14.5. The van der Waals surface area contributed by atoms with Crippen molar-refractivity contribution in [2.45, 2.75) is 13.0 Å². The number of hydrogen-bond acceptors (Lipinski definition) is 5. The van der Waals surface area contributed by atoms with Crippen LogP contribution in [0.25, 0.3) is 0 Å². The van der Waals surface area contributed by atoms with Gasteiger partial charge in [0.25, 0.3) is 5.91 Å². The van der Waals surface area contributed by atoms with Crippen LogP contribution in [0.5, 0.6) is 0 Å². The average Bonchev–Trinajstić information content (AvgIpc) is 3.00. The molecule has 0 aliphatic rings. The molecule has 21 heavy (non-hydrogen) atoms. The lowest BCUT2D eigenvalue weighted by molar-refractivity contribution is -0.384. The number of imidazole rings is 1. The van der Waals surface area contributed by atoms with Gasteiger partial charge in [0, 0.05) is 19.4 Å². The summed E-state index contributed by atoms with van der Waals surface area (Å²) in [6.45, 7) is 1.74. The fourth-order valence-corrected chi connectivity index (χ4v) is 1.98. The molecule has 1 aromatic heterocycles. The van der Waals surface area contributed by atoms with Crippen molar-refractivity contribution in [3.05, 3.63) is 52.1 Å². The SMILES string of the molecule is CNc1cccc(C(=O)NC(C)c2ncc[nH]2)c1[N+](=O)[O-]. The summed E-state index contributed by atoms with van der Waals surface area (Å²) in [6, 6.07) is 4.17. The van der Waals surface area contributed by atoms with Gasteiger partial charge in [0.05, 0.1) is 11.0 Å². The molecule has 0 aliphatic carbocycles. The predicted molar refractivity (Wildman–Crippen MR) is 77.1 cm³/mol. The molecule has 110 valence electrons. The third-order valence-electron chi connectivity index (χ3n) is 3.01. The maximum atomic E-state index is 12.3. The van der Waals surface area contributed by atoms with Crippen molar-refractivity contribution in [1.29, 1.82) is 0 Å². The van der Waals surface area contributed by atoms with Crippen molar-refractivity contribution in [3.63, 3.8) is 0 Å². The Hall–Kier alpha value is -2.90. The van der Waals surface area contributed by atoms with Crippen LogP contribution in [-0.2, 0) is 0 Å². The van der Waals surface area contributed by atoms with Crippen molar-refractivity contribution in [2.75, 3.05) is 12.4 Å². The number of anilines is 1. The number of aromatic amines is 1. The fourth-order valence-electron chi connectivity index (χ4n) is 1.98. The lowest BCUT2D eigenvalue weighted by atomic mass is 10.1. The predicted octanol–water partition coefficient (Wildman–Crippen LogP) is 1.85. The van der Waals surface area contributed by atoms with Gasteiger partial charge in [-0.05, 0) is 19.1 Å². The number of para-hydroxylation sites is 1. The van der Waals surface area contributed by atoms with E-state index in [2.05, 4.69) is 20.6 Å². The van der Waals surface area contributed by atoms with Gasteiger partial charge in [-0.2, -0.15) is 0 Å². The van der Waals surface area contributed by atoms with Crippen LogP contribution in [-0.4, -0.2) is 27.8 Å². The zero-order valence-electron chi connectivity index (χ0n) is 11.6. The van der Waals surface area contributed by atoms with Crippen LogP contribution >= 0.6 is 0 Å². The van der Waals surface area contributed by atoms with E-state index < -0.39 is 10.8 Å². The summed E-state index contributed by atoms with van der Waals surface area (Å²) >= 11 is 0. The molecule has 0 spiro atoms. The second-order valence-corrected chi connectivity index (χ2v) is 4.38. The summed E-state index contributed by atoms with van der Waals surface area (Å²) in [5.74, 6) is 0.0541. The van der Waals surface area contributed by atoms with Gasteiger partial charge >= 0.3 is 5.69 Å². The van der Waals surface area contributed by atoms with Crippen molar-refractivity contribution >= 4 is 17.3 Å². The van der Waals surface area contributed by atoms with Gasteiger partial charge in [-0.3, -0.25) is 14.9 Å². The Morgan fingerprint density at radius 1 is 1.48 bits per heavy atom. The quantitative estimate of drug-likeness (QED) is 0.574. The highest BCUT2D eigenvalue weighted by molar-refractivity contribution is 6.00. The van der Waals surface area contributed by atoms with E-state index in [1.165, 1.54) is 6.07 Å². The highest BCUT2D eigenvalue weighted by Crippen LogP contribution is 2.28. The van der Waals surface area contributed by atoms with Crippen LogP contribution in [0.15, 0.2) is 30.6 Å². The Labute approximate surface area is 120 Å². The molecule has 8 nitrogen and oxygen atoms in total. The van der Waals surface area contributed by atoms with Crippen molar-refractivity contribution in [2.24, 2.45) is 0 Å². The number of rotatable bonds is 5. The van der Waals surface area contributed by atoms with Gasteiger partial charge in [0.15, 0.2) is 0 Å². The average molecular weight is 289 g/mol. The normalized spacial score (nSPS) is 11.7. The number of nitrogens with zero attached hydrogens (tertiary/aromatic N) is 2. The third kappa shape index (κ3) is 2.99. The number of carbonyl (C=O) groups excluding carboxylic acids is 1. The van der Waals surface area contributed by atoms with Crippen LogP contribution in [0.2, 0.25) is 0 Å². The van der Waals surface area contributed by atoms with Crippen LogP contribution in [0.4, 0.5) is 11.4 Å². The number of carbonyl (C=O) groups is 1. The van der Waals surface area contributed by atoms with E-state index in [0.29, 0.717) is 11.5 Å². The second kappa shape index (κ2) is 6.04. The van der Waals surface area contributed by atoms with Gasteiger partial charge in [0.1, 0.15) is 17.1 Å². The number of aromatic nitrogens is 2. The van der Waals surface area contributed by atoms with E-state index in [4.69, 9.17) is 0 Å². The molecule has 0 saturated carbocycles. The Morgan fingerprint density at radius 3 is 2.81 bits per heavy atom. The van der Waals surface area contributed by atoms with Gasteiger partial charge in [-0.15, -0.1) is 0 Å². The number of nitro groups is 1. The summed E-state index contributed by atoms with van der Waals surface area (Å²) < 4.78 is 0. The number of nitro benzene ring substituents is 1. The minimum atomic E-state index is -0.571. The molecule has 1 unspecified atom stereocenters. The molecule has 0 bridgehead atoms. The molecule has 2 rings (SSSR count). The van der Waals surface area contributed by atoms with Gasteiger partial charge < -0.3 is 15.6 Å². The second-order valence-electron chi connectivity index (χ2n) is 4.38. The van der Waals surface area contributed by atoms with Crippen LogP contribution in [0.3, 0.4) is 0 Å².